The van der Waals surface area contributed by atoms with Crippen molar-refractivity contribution in [3.63, 3.8) is 0 Å². The summed E-state index contributed by atoms with van der Waals surface area (Å²) in [6.45, 7) is 1.58. The number of hydrogen-bond donors (Lipinski definition) is 3. The largest absolute Gasteiger partial charge is 0.496 e. The molecule has 0 aliphatic carbocycles. The maximum absolute atomic E-state index is 8.65. The third-order valence-corrected chi connectivity index (χ3v) is 1.19. The quantitative estimate of drug-likeness (QED) is 0.404. The molecule has 6 heteroatoms. The molecule has 54 valence electrons. The van der Waals surface area contributed by atoms with Gasteiger partial charge >= 0.3 is 7.12 Å². The molecule has 1 aromatic heterocycles. The highest BCUT2D eigenvalue weighted by Crippen LogP contribution is 2.00. The Morgan fingerprint density at radius 2 is 2.20 bits per heavy atom. The van der Waals surface area contributed by atoms with Crippen molar-refractivity contribution in [2.75, 3.05) is 5.73 Å². The zero-order valence-electron chi connectivity index (χ0n) is 5.40. The standard InChI is InChI=1S/C4H7BN2O3/c1-2-3(5(8)9)4(6)10-7-2/h8-9H,6H2,1H3. The van der Waals surface area contributed by atoms with Gasteiger partial charge < -0.3 is 20.3 Å². The summed E-state index contributed by atoms with van der Waals surface area (Å²) < 4.78 is 4.46. The Bertz CT molecular complexity index is 215. The molecule has 0 saturated heterocycles. The van der Waals surface area contributed by atoms with Gasteiger partial charge in [0.1, 0.15) is 0 Å². The van der Waals surface area contributed by atoms with Crippen LogP contribution in [0.2, 0.25) is 0 Å². The van der Waals surface area contributed by atoms with Crippen molar-refractivity contribution in [1.29, 1.82) is 0 Å². The highest BCUT2D eigenvalue weighted by Gasteiger charge is 2.21. The lowest BCUT2D eigenvalue weighted by Crippen LogP contribution is -2.32. The van der Waals surface area contributed by atoms with Crippen LogP contribution in [0.3, 0.4) is 0 Å². The molecule has 0 spiro atoms. The van der Waals surface area contributed by atoms with Crippen molar-refractivity contribution >= 4 is 18.5 Å². The van der Waals surface area contributed by atoms with Crippen LogP contribution in [0.1, 0.15) is 5.69 Å². The van der Waals surface area contributed by atoms with Crippen LogP contribution in [0, 0.1) is 6.92 Å². The normalized spacial score (nSPS) is 9.90. The summed E-state index contributed by atoms with van der Waals surface area (Å²) in [5, 5.41) is 20.7. The third kappa shape index (κ3) is 0.983. The van der Waals surface area contributed by atoms with Gasteiger partial charge in [-0.05, 0) is 6.92 Å². The van der Waals surface area contributed by atoms with E-state index in [1.54, 1.807) is 6.92 Å². The predicted octanol–water partition coefficient (Wildman–Crippen LogP) is -1.75. The Morgan fingerprint density at radius 3 is 2.40 bits per heavy atom. The zero-order chi connectivity index (χ0) is 7.72. The first-order valence-electron chi connectivity index (χ1n) is 2.70. The lowest BCUT2D eigenvalue weighted by molar-refractivity contribution is 0.423. The van der Waals surface area contributed by atoms with Crippen LogP contribution in [0.15, 0.2) is 4.52 Å². The minimum Gasteiger partial charge on any atom is -0.423 e. The summed E-state index contributed by atoms with van der Waals surface area (Å²) in [4.78, 5) is 0. The lowest BCUT2D eigenvalue weighted by atomic mass is 9.80. The van der Waals surface area contributed by atoms with E-state index in [1.807, 2.05) is 0 Å². The second-order valence-corrected chi connectivity index (χ2v) is 1.92. The first-order chi connectivity index (χ1) is 4.63. The van der Waals surface area contributed by atoms with Crippen molar-refractivity contribution < 1.29 is 14.6 Å². The summed E-state index contributed by atoms with van der Waals surface area (Å²) >= 11 is 0. The maximum Gasteiger partial charge on any atom is 0.496 e. The Kier molecular flexibility index (Phi) is 1.65. The molecule has 0 atom stereocenters. The van der Waals surface area contributed by atoms with Gasteiger partial charge in [0.25, 0.3) is 0 Å². The van der Waals surface area contributed by atoms with Gasteiger partial charge in [-0.3, -0.25) is 0 Å². The van der Waals surface area contributed by atoms with Gasteiger partial charge in [0.15, 0.2) is 0 Å². The Labute approximate surface area is 57.6 Å². The van der Waals surface area contributed by atoms with Crippen molar-refractivity contribution in [1.82, 2.24) is 5.16 Å². The third-order valence-electron chi connectivity index (χ3n) is 1.19. The van der Waals surface area contributed by atoms with Gasteiger partial charge in [-0.2, -0.15) is 0 Å². The van der Waals surface area contributed by atoms with Crippen molar-refractivity contribution in [3.8, 4) is 0 Å². The minimum atomic E-state index is -1.61. The van der Waals surface area contributed by atoms with Crippen LogP contribution in [-0.2, 0) is 0 Å². The topological polar surface area (TPSA) is 92.5 Å². The fraction of sp³-hybridized carbons (Fsp3) is 0.250. The summed E-state index contributed by atoms with van der Waals surface area (Å²) in [5.74, 6) is -0.0486. The van der Waals surface area contributed by atoms with Crippen LogP contribution in [0.25, 0.3) is 0 Å². The van der Waals surface area contributed by atoms with Crippen molar-refractivity contribution in [2.24, 2.45) is 0 Å². The molecule has 1 aromatic rings. The molecular formula is C4H7BN2O3. The monoisotopic (exact) mass is 142 g/mol. The molecule has 4 N–H and O–H groups in total. The fourth-order valence-electron chi connectivity index (χ4n) is 0.708. The lowest BCUT2D eigenvalue weighted by Gasteiger charge is -1.93. The summed E-state index contributed by atoms with van der Waals surface area (Å²) in [6, 6.07) is 0. The number of aryl methyl sites for hydroxylation is 1. The number of rotatable bonds is 1. The predicted molar refractivity (Wildman–Crippen MR) is 35.5 cm³/mol. The number of nitrogens with zero attached hydrogens (tertiary/aromatic N) is 1. The summed E-state index contributed by atoms with van der Waals surface area (Å²) in [6.07, 6.45) is 0. The molecule has 1 rings (SSSR count). The molecule has 0 unspecified atom stereocenters. The second-order valence-electron chi connectivity index (χ2n) is 1.92. The Balaban J connectivity index is 3.10. The molecule has 0 aliphatic rings. The molecule has 0 saturated carbocycles. The SMILES string of the molecule is Cc1noc(N)c1B(O)O. The fourth-order valence-corrected chi connectivity index (χ4v) is 0.708. The molecule has 0 aliphatic heterocycles. The van der Waals surface area contributed by atoms with E-state index in [0.717, 1.165) is 0 Å². The first kappa shape index (κ1) is 7.11. The molecule has 0 bridgehead atoms. The van der Waals surface area contributed by atoms with E-state index in [9.17, 15) is 0 Å². The molecule has 10 heavy (non-hydrogen) atoms. The Morgan fingerprint density at radius 1 is 1.60 bits per heavy atom. The first-order valence-corrected chi connectivity index (χ1v) is 2.70. The molecule has 0 radical (unpaired) electrons. The molecule has 0 fully saturated rings. The van der Waals surface area contributed by atoms with Crippen molar-refractivity contribution in [2.45, 2.75) is 6.92 Å². The maximum atomic E-state index is 8.65. The van der Waals surface area contributed by atoms with E-state index < -0.39 is 7.12 Å². The number of nitrogen functional groups attached to an aromatic ring is 1. The van der Waals surface area contributed by atoms with Crippen LogP contribution >= 0.6 is 0 Å². The Hall–Kier alpha value is -1.01. The highest BCUT2D eigenvalue weighted by molar-refractivity contribution is 6.60. The summed E-state index contributed by atoms with van der Waals surface area (Å²) in [7, 11) is -1.61. The van der Waals surface area contributed by atoms with Crippen LogP contribution < -0.4 is 11.2 Å². The van der Waals surface area contributed by atoms with Crippen LogP contribution in [0.5, 0.6) is 0 Å². The van der Waals surface area contributed by atoms with E-state index in [1.165, 1.54) is 0 Å². The van der Waals surface area contributed by atoms with E-state index in [4.69, 9.17) is 15.8 Å². The number of anilines is 1. The average molecular weight is 142 g/mol. The second kappa shape index (κ2) is 2.32. The molecule has 1 heterocycles. The van der Waals surface area contributed by atoms with Gasteiger partial charge in [-0.15, -0.1) is 0 Å². The van der Waals surface area contributed by atoms with E-state index in [-0.39, 0.29) is 11.3 Å². The van der Waals surface area contributed by atoms with Crippen molar-refractivity contribution in [3.05, 3.63) is 5.69 Å². The van der Waals surface area contributed by atoms with Gasteiger partial charge in [0.05, 0.1) is 11.2 Å². The molecule has 5 nitrogen and oxygen atoms in total. The smallest absolute Gasteiger partial charge is 0.423 e. The molecule has 0 amide bonds. The van der Waals surface area contributed by atoms with E-state index >= 15 is 0 Å². The van der Waals surface area contributed by atoms with Gasteiger partial charge in [-0.25, -0.2) is 0 Å². The van der Waals surface area contributed by atoms with E-state index in [0.29, 0.717) is 5.69 Å². The van der Waals surface area contributed by atoms with Gasteiger partial charge in [-0.1, -0.05) is 5.16 Å². The highest BCUT2D eigenvalue weighted by atomic mass is 16.5. The van der Waals surface area contributed by atoms with Gasteiger partial charge in [0.2, 0.25) is 5.88 Å². The minimum absolute atomic E-state index is 0.0486. The zero-order valence-corrected chi connectivity index (χ0v) is 5.40. The number of aromatic nitrogens is 1. The number of nitrogens with two attached hydrogens (primary N) is 1. The van der Waals surface area contributed by atoms with Crippen LogP contribution in [-0.4, -0.2) is 22.3 Å². The summed E-state index contributed by atoms with van der Waals surface area (Å²) in [5.41, 5.74) is 5.73. The average Bonchev–Trinajstić information content (AvgIpc) is 2.11. The van der Waals surface area contributed by atoms with Gasteiger partial charge in [0, 0.05) is 0 Å². The van der Waals surface area contributed by atoms with Crippen LogP contribution in [0.4, 0.5) is 5.88 Å². The van der Waals surface area contributed by atoms with E-state index in [2.05, 4.69) is 9.68 Å². The molecular weight excluding hydrogens is 135 g/mol. The molecule has 0 aromatic carbocycles. The number of hydrogen-bond acceptors (Lipinski definition) is 5.